The van der Waals surface area contributed by atoms with Crippen molar-refractivity contribution >= 4 is 40.5 Å². The van der Waals surface area contributed by atoms with E-state index in [1.807, 2.05) is 6.07 Å². The van der Waals surface area contributed by atoms with Gasteiger partial charge in [0, 0.05) is 5.69 Å². The maximum absolute atomic E-state index is 13.0. The molecule has 2 aromatic rings. The van der Waals surface area contributed by atoms with Crippen molar-refractivity contribution < 1.29 is 9.18 Å². The van der Waals surface area contributed by atoms with Crippen LogP contribution in [0.3, 0.4) is 0 Å². The molecule has 2 rings (SSSR count). The average molecular weight is 313 g/mol. The van der Waals surface area contributed by atoms with E-state index < -0.39 is 5.82 Å². The van der Waals surface area contributed by atoms with Crippen LogP contribution >= 0.6 is 23.2 Å². The molecule has 0 atom stereocenters. The van der Waals surface area contributed by atoms with Gasteiger partial charge in [-0.3, -0.25) is 4.79 Å². The fourth-order valence-electron chi connectivity index (χ4n) is 1.56. The lowest BCUT2D eigenvalue weighted by molar-refractivity contribution is -0.114. The van der Waals surface area contributed by atoms with Crippen LogP contribution in [0.5, 0.6) is 0 Å². The van der Waals surface area contributed by atoms with Crippen LogP contribution in [0.2, 0.25) is 10.0 Å². The van der Waals surface area contributed by atoms with E-state index in [1.165, 1.54) is 18.2 Å². The minimum Gasteiger partial charge on any atom is -0.375 e. The molecule has 20 heavy (non-hydrogen) atoms. The molecule has 0 spiro atoms. The van der Waals surface area contributed by atoms with Crippen LogP contribution in [-0.2, 0) is 4.79 Å². The number of hydrogen-bond acceptors (Lipinski definition) is 2. The Kier molecular flexibility index (Phi) is 4.82. The molecule has 3 nitrogen and oxygen atoms in total. The van der Waals surface area contributed by atoms with Gasteiger partial charge in [0.1, 0.15) is 5.82 Å². The number of carbonyl (C=O) groups excluding carboxylic acids is 1. The molecular formula is C14H11Cl2FN2O. The van der Waals surface area contributed by atoms with Crippen LogP contribution in [-0.4, -0.2) is 12.5 Å². The highest BCUT2D eigenvalue weighted by molar-refractivity contribution is 6.33. The van der Waals surface area contributed by atoms with Gasteiger partial charge in [0.05, 0.1) is 22.3 Å². The van der Waals surface area contributed by atoms with Crippen LogP contribution in [0.25, 0.3) is 0 Å². The highest BCUT2D eigenvalue weighted by atomic mass is 35.5. The number of amides is 1. The number of para-hydroxylation sites is 1. The van der Waals surface area contributed by atoms with Crippen LogP contribution in [0, 0.1) is 5.82 Å². The summed E-state index contributed by atoms with van der Waals surface area (Å²) in [5, 5.41) is 6.00. The van der Waals surface area contributed by atoms with E-state index >= 15 is 0 Å². The average Bonchev–Trinajstić information content (AvgIpc) is 2.42. The maximum atomic E-state index is 13.0. The van der Waals surface area contributed by atoms with E-state index in [-0.39, 0.29) is 17.5 Å². The van der Waals surface area contributed by atoms with E-state index in [9.17, 15) is 9.18 Å². The van der Waals surface area contributed by atoms with E-state index in [4.69, 9.17) is 23.2 Å². The third kappa shape index (κ3) is 3.85. The second-order valence-electron chi connectivity index (χ2n) is 4.01. The number of hydrogen-bond donors (Lipinski definition) is 2. The lowest BCUT2D eigenvalue weighted by Gasteiger charge is -2.09. The normalized spacial score (nSPS) is 10.2. The summed E-state index contributed by atoms with van der Waals surface area (Å²) in [5.41, 5.74) is 1.10. The molecule has 0 aromatic heterocycles. The maximum Gasteiger partial charge on any atom is 0.243 e. The molecule has 104 valence electrons. The van der Waals surface area contributed by atoms with Crippen molar-refractivity contribution in [2.45, 2.75) is 0 Å². The number of benzene rings is 2. The highest BCUT2D eigenvalue weighted by Crippen LogP contribution is 2.21. The molecule has 0 aliphatic carbocycles. The number of rotatable bonds is 4. The Morgan fingerprint density at radius 2 is 1.85 bits per heavy atom. The fraction of sp³-hybridized carbons (Fsp3) is 0.0714. The predicted octanol–water partition coefficient (Wildman–Crippen LogP) is 4.18. The van der Waals surface area contributed by atoms with Crippen molar-refractivity contribution in [2.75, 3.05) is 17.2 Å². The third-order valence-corrected chi connectivity index (χ3v) is 3.14. The van der Waals surface area contributed by atoms with Gasteiger partial charge < -0.3 is 10.6 Å². The number of anilines is 2. The molecular weight excluding hydrogens is 302 g/mol. The SMILES string of the molecule is O=C(CNc1ccccc1Cl)Nc1ccc(F)c(Cl)c1. The first kappa shape index (κ1) is 14.6. The summed E-state index contributed by atoms with van der Waals surface area (Å²) in [4.78, 5) is 11.7. The molecule has 0 bridgehead atoms. The van der Waals surface area contributed by atoms with Gasteiger partial charge in [0.25, 0.3) is 0 Å². The molecule has 0 radical (unpaired) electrons. The zero-order valence-corrected chi connectivity index (χ0v) is 11.8. The van der Waals surface area contributed by atoms with E-state index in [0.717, 1.165) is 0 Å². The number of halogens is 3. The summed E-state index contributed by atoms with van der Waals surface area (Å²) >= 11 is 11.6. The van der Waals surface area contributed by atoms with Gasteiger partial charge in [0.15, 0.2) is 0 Å². The molecule has 0 aliphatic heterocycles. The topological polar surface area (TPSA) is 41.1 Å². The molecule has 0 saturated heterocycles. The van der Waals surface area contributed by atoms with Crippen molar-refractivity contribution in [1.29, 1.82) is 0 Å². The molecule has 1 amide bonds. The largest absolute Gasteiger partial charge is 0.375 e. The summed E-state index contributed by atoms with van der Waals surface area (Å²) in [7, 11) is 0. The quantitative estimate of drug-likeness (QED) is 0.889. The monoisotopic (exact) mass is 312 g/mol. The fourth-order valence-corrected chi connectivity index (χ4v) is 1.94. The van der Waals surface area contributed by atoms with Crippen molar-refractivity contribution in [1.82, 2.24) is 0 Å². The van der Waals surface area contributed by atoms with E-state index in [2.05, 4.69) is 10.6 Å². The van der Waals surface area contributed by atoms with Gasteiger partial charge in [-0.15, -0.1) is 0 Å². The summed E-state index contributed by atoms with van der Waals surface area (Å²) in [5.74, 6) is -0.813. The molecule has 0 unspecified atom stereocenters. The molecule has 0 aliphatic rings. The Balaban J connectivity index is 1.93. The van der Waals surface area contributed by atoms with Crippen molar-refractivity contribution in [3.8, 4) is 0 Å². The lowest BCUT2D eigenvalue weighted by atomic mass is 10.3. The molecule has 2 aromatic carbocycles. The Morgan fingerprint density at radius 3 is 2.55 bits per heavy atom. The van der Waals surface area contributed by atoms with Gasteiger partial charge >= 0.3 is 0 Å². The van der Waals surface area contributed by atoms with Crippen LogP contribution in [0.1, 0.15) is 0 Å². The zero-order chi connectivity index (χ0) is 14.5. The standard InChI is InChI=1S/C14H11Cl2FN2O/c15-10-3-1-2-4-13(10)18-8-14(20)19-9-5-6-12(17)11(16)7-9/h1-7,18H,8H2,(H,19,20). The van der Waals surface area contributed by atoms with Gasteiger partial charge in [-0.1, -0.05) is 35.3 Å². The lowest BCUT2D eigenvalue weighted by Crippen LogP contribution is -2.21. The first-order valence-electron chi connectivity index (χ1n) is 5.79. The molecule has 2 N–H and O–H groups in total. The molecule has 6 heteroatoms. The molecule has 0 heterocycles. The number of nitrogens with one attached hydrogen (secondary N) is 2. The smallest absolute Gasteiger partial charge is 0.243 e. The van der Waals surface area contributed by atoms with Gasteiger partial charge in [-0.05, 0) is 30.3 Å². The Labute approximate surface area is 125 Å². The predicted molar refractivity (Wildman–Crippen MR) is 80.0 cm³/mol. The first-order valence-corrected chi connectivity index (χ1v) is 6.55. The van der Waals surface area contributed by atoms with Crippen LogP contribution < -0.4 is 10.6 Å². The zero-order valence-electron chi connectivity index (χ0n) is 10.3. The van der Waals surface area contributed by atoms with Crippen molar-refractivity contribution in [2.24, 2.45) is 0 Å². The first-order chi connectivity index (χ1) is 9.56. The Hall–Kier alpha value is -1.78. The molecule has 0 saturated carbocycles. The van der Waals surface area contributed by atoms with Gasteiger partial charge in [-0.2, -0.15) is 0 Å². The van der Waals surface area contributed by atoms with Crippen molar-refractivity contribution in [3.05, 3.63) is 58.3 Å². The second kappa shape index (κ2) is 6.59. The highest BCUT2D eigenvalue weighted by Gasteiger charge is 2.06. The summed E-state index contributed by atoms with van der Waals surface area (Å²) in [6, 6.07) is 11.1. The minimum absolute atomic E-state index is 0.0399. The third-order valence-electron chi connectivity index (χ3n) is 2.52. The van der Waals surface area contributed by atoms with E-state index in [1.54, 1.807) is 18.2 Å². The molecule has 0 fully saturated rings. The van der Waals surface area contributed by atoms with Gasteiger partial charge in [0.2, 0.25) is 5.91 Å². The van der Waals surface area contributed by atoms with Crippen molar-refractivity contribution in [3.63, 3.8) is 0 Å². The summed E-state index contributed by atoms with van der Waals surface area (Å²) in [6.45, 7) is 0.0404. The van der Waals surface area contributed by atoms with Gasteiger partial charge in [-0.25, -0.2) is 4.39 Å². The second-order valence-corrected chi connectivity index (χ2v) is 4.82. The summed E-state index contributed by atoms with van der Waals surface area (Å²) < 4.78 is 13.0. The van der Waals surface area contributed by atoms with E-state index in [0.29, 0.717) is 16.4 Å². The number of carbonyl (C=O) groups is 1. The Bertz CT molecular complexity index is 634. The van der Waals surface area contributed by atoms with Crippen LogP contribution in [0.15, 0.2) is 42.5 Å². The minimum atomic E-state index is -0.529. The Morgan fingerprint density at radius 1 is 1.10 bits per heavy atom. The van der Waals surface area contributed by atoms with Crippen LogP contribution in [0.4, 0.5) is 15.8 Å². The summed E-state index contributed by atoms with van der Waals surface area (Å²) in [6.07, 6.45) is 0.